The van der Waals surface area contributed by atoms with Gasteiger partial charge in [0.25, 0.3) is 0 Å². The third-order valence-electron chi connectivity index (χ3n) is 5.70. The van der Waals surface area contributed by atoms with Crippen LogP contribution in [0.25, 0.3) is 11.1 Å². The van der Waals surface area contributed by atoms with E-state index in [-0.39, 0.29) is 6.10 Å². The Bertz CT molecular complexity index is 1180. The second-order valence-electron chi connectivity index (χ2n) is 8.11. The lowest BCUT2D eigenvalue weighted by molar-refractivity contribution is 0.0755. The van der Waals surface area contributed by atoms with Crippen LogP contribution in [0.5, 0.6) is 5.75 Å². The van der Waals surface area contributed by atoms with Crippen molar-refractivity contribution >= 4 is 17.8 Å². The first-order chi connectivity index (χ1) is 16.6. The van der Waals surface area contributed by atoms with E-state index in [0.29, 0.717) is 28.6 Å². The van der Waals surface area contributed by atoms with Gasteiger partial charge in [0.15, 0.2) is 0 Å². The van der Waals surface area contributed by atoms with Gasteiger partial charge in [0, 0.05) is 47.5 Å². The Labute approximate surface area is 204 Å². The average Bonchev–Trinajstić information content (AvgIpc) is 2.86. The molecule has 174 valence electrons. The standard InChI is InChI=1S/C27H26ClN3O3/c28-24-6-3-21(4-7-24)22-5-9-25(29-18-22)8-1-20-2-10-27(23(17-20)19-30-33)34-16-15-31-13-11-26(32)12-14-31/h2-7,9-10,17-19,26,32-33H,11-16H2. The number of aliphatic hydroxyl groups is 1. The Morgan fingerprint density at radius 2 is 1.82 bits per heavy atom. The second-order valence-corrected chi connectivity index (χ2v) is 8.54. The van der Waals surface area contributed by atoms with Crippen LogP contribution in [0.1, 0.15) is 29.7 Å². The van der Waals surface area contributed by atoms with Crippen LogP contribution >= 0.6 is 11.6 Å². The maximum Gasteiger partial charge on any atom is 0.128 e. The fourth-order valence-electron chi connectivity index (χ4n) is 3.77. The molecule has 1 fully saturated rings. The molecular weight excluding hydrogens is 450 g/mol. The van der Waals surface area contributed by atoms with Gasteiger partial charge in [-0.2, -0.15) is 0 Å². The topological polar surface area (TPSA) is 78.2 Å². The van der Waals surface area contributed by atoms with Crippen LogP contribution in [0.4, 0.5) is 0 Å². The summed E-state index contributed by atoms with van der Waals surface area (Å²) in [5.74, 6) is 6.81. The fourth-order valence-corrected chi connectivity index (χ4v) is 3.89. The zero-order valence-electron chi connectivity index (χ0n) is 18.7. The summed E-state index contributed by atoms with van der Waals surface area (Å²) >= 11 is 5.95. The van der Waals surface area contributed by atoms with E-state index >= 15 is 0 Å². The number of halogens is 1. The van der Waals surface area contributed by atoms with Gasteiger partial charge in [-0.3, -0.25) is 4.90 Å². The highest BCUT2D eigenvalue weighted by Crippen LogP contribution is 2.21. The molecule has 0 spiro atoms. The monoisotopic (exact) mass is 475 g/mol. The molecule has 1 saturated heterocycles. The number of likely N-dealkylation sites (tertiary alicyclic amines) is 1. The third kappa shape index (κ3) is 6.58. The molecule has 0 saturated carbocycles. The van der Waals surface area contributed by atoms with Crippen LogP contribution in [-0.2, 0) is 0 Å². The Hall–Kier alpha value is -3.37. The minimum Gasteiger partial charge on any atom is -0.492 e. The highest BCUT2D eigenvalue weighted by atomic mass is 35.5. The highest BCUT2D eigenvalue weighted by Gasteiger charge is 2.16. The molecular formula is C27H26ClN3O3. The van der Waals surface area contributed by atoms with E-state index in [4.69, 9.17) is 21.5 Å². The number of piperidine rings is 1. The van der Waals surface area contributed by atoms with E-state index < -0.39 is 0 Å². The van der Waals surface area contributed by atoms with Gasteiger partial charge in [-0.05, 0) is 60.7 Å². The van der Waals surface area contributed by atoms with Crippen LogP contribution in [-0.4, -0.2) is 58.8 Å². The zero-order valence-corrected chi connectivity index (χ0v) is 19.4. The molecule has 1 aliphatic heterocycles. The molecule has 2 N–H and O–H groups in total. The summed E-state index contributed by atoms with van der Waals surface area (Å²) in [5.41, 5.74) is 4.09. The Balaban J connectivity index is 1.40. The summed E-state index contributed by atoms with van der Waals surface area (Å²) < 4.78 is 5.92. The number of nitrogens with zero attached hydrogens (tertiary/aromatic N) is 3. The Morgan fingerprint density at radius 3 is 2.53 bits per heavy atom. The molecule has 34 heavy (non-hydrogen) atoms. The zero-order chi connectivity index (χ0) is 23.8. The van der Waals surface area contributed by atoms with E-state index in [2.05, 4.69) is 26.9 Å². The Kier molecular flexibility index (Phi) is 8.16. The lowest BCUT2D eigenvalue weighted by atomic mass is 10.1. The maximum atomic E-state index is 9.62. The number of aliphatic hydroxyl groups excluding tert-OH is 1. The predicted octanol–water partition coefficient (Wildman–Crippen LogP) is 4.45. The summed E-state index contributed by atoms with van der Waals surface area (Å²) in [5, 5.41) is 22.5. The summed E-state index contributed by atoms with van der Waals surface area (Å²) in [6.07, 6.45) is 4.55. The SMILES string of the molecule is ON=Cc1cc(C#Cc2ccc(-c3ccc(Cl)cc3)cn2)ccc1OCCN1CCC(O)CC1. The van der Waals surface area contributed by atoms with E-state index in [1.165, 1.54) is 6.21 Å². The molecule has 0 bridgehead atoms. The number of ether oxygens (including phenoxy) is 1. The lowest BCUT2D eigenvalue weighted by Crippen LogP contribution is -2.38. The number of benzene rings is 2. The quantitative estimate of drug-likeness (QED) is 0.238. The highest BCUT2D eigenvalue weighted by molar-refractivity contribution is 6.30. The molecule has 3 aromatic rings. The Morgan fingerprint density at radius 1 is 1.06 bits per heavy atom. The van der Waals surface area contributed by atoms with Crippen LogP contribution in [0.15, 0.2) is 65.9 Å². The number of oxime groups is 1. The molecule has 0 atom stereocenters. The van der Waals surface area contributed by atoms with Crippen molar-refractivity contribution in [2.75, 3.05) is 26.2 Å². The van der Waals surface area contributed by atoms with Crippen molar-refractivity contribution < 1.29 is 15.1 Å². The largest absolute Gasteiger partial charge is 0.492 e. The second kappa shape index (κ2) is 11.7. The molecule has 2 heterocycles. The summed E-state index contributed by atoms with van der Waals surface area (Å²) in [6, 6.07) is 17.0. The normalized spacial score (nSPS) is 14.6. The summed E-state index contributed by atoms with van der Waals surface area (Å²) in [4.78, 5) is 6.72. The van der Waals surface area contributed by atoms with E-state index in [1.807, 2.05) is 54.6 Å². The van der Waals surface area contributed by atoms with Gasteiger partial charge < -0.3 is 15.1 Å². The lowest BCUT2D eigenvalue weighted by Gasteiger charge is -2.29. The maximum absolute atomic E-state index is 9.62. The van der Waals surface area contributed by atoms with Crippen molar-refractivity contribution in [1.82, 2.24) is 9.88 Å². The minimum atomic E-state index is -0.185. The first-order valence-corrected chi connectivity index (χ1v) is 11.6. The van der Waals surface area contributed by atoms with E-state index in [9.17, 15) is 5.11 Å². The number of aromatic nitrogens is 1. The van der Waals surface area contributed by atoms with Gasteiger partial charge in [0.1, 0.15) is 18.1 Å². The molecule has 0 aliphatic carbocycles. The van der Waals surface area contributed by atoms with Crippen LogP contribution in [0, 0.1) is 11.8 Å². The number of rotatable bonds is 6. The first kappa shape index (κ1) is 23.8. The van der Waals surface area contributed by atoms with E-state index in [0.717, 1.165) is 49.2 Å². The number of hydrogen-bond acceptors (Lipinski definition) is 6. The van der Waals surface area contributed by atoms with Crippen molar-refractivity contribution in [3.8, 4) is 28.7 Å². The molecule has 0 amide bonds. The fraction of sp³-hybridized carbons (Fsp3) is 0.259. The van der Waals surface area contributed by atoms with Crippen LogP contribution in [0.2, 0.25) is 5.02 Å². The summed E-state index contributed by atoms with van der Waals surface area (Å²) in [7, 11) is 0. The van der Waals surface area contributed by atoms with Gasteiger partial charge >= 0.3 is 0 Å². The van der Waals surface area contributed by atoms with Crippen LogP contribution in [0.3, 0.4) is 0 Å². The van der Waals surface area contributed by atoms with Crippen molar-refractivity contribution in [3.05, 3.63) is 82.6 Å². The van der Waals surface area contributed by atoms with Crippen LogP contribution < -0.4 is 4.74 Å². The third-order valence-corrected chi connectivity index (χ3v) is 5.96. The predicted molar refractivity (Wildman–Crippen MR) is 134 cm³/mol. The van der Waals surface area contributed by atoms with Crippen molar-refractivity contribution in [3.63, 3.8) is 0 Å². The molecule has 2 aromatic carbocycles. The smallest absolute Gasteiger partial charge is 0.128 e. The van der Waals surface area contributed by atoms with Gasteiger partial charge in [-0.25, -0.2) is 4.98 Å². The molecule has 1 aliphatic rings. The number of hydrogen-bond donors (Lipinski definition) is 2. The molecule has 6 nitrogen and oxygen atoms in total. The average molecular weight is 476 g/mol. The first-order valence-electron chi connectivity index (χ1n) is 11.2. The summed E-state index contributed by atoms with van der Waals surface area (Å²) in [6.45, 7) is 3.04. The van der Waals surface area contributed by atoms with Crippen molar-refractivity contribution in [2.45, 2.75) is 18.9 Å². The van der Waals surface area contributed by atoms with E-state index in [1.54, 1.807) is 6.20 Å². The molecule has 4 rings (SSSR count). The van der Waals surface area contributed by atoms with Crippen molar-refractivity contribution in [2.24, 2.45) is 5.16 Å². The van der Waals surface area contributed by atoms with Gasteiger partial charge in [0.05, 0.1) is 12.3 Å². The van der Waals surface area contributed by atoms with Gasteiger partial charge in [-0.15, -0.1) is 0 Å². The number of pyridine rings is 1. The molecule has 1 aromatic heterocycles. The minimum absolute atomic E-state index is 0.185. The molecule has 0 unspecified atom stereocenters. The molecule has 7 heteroatoms. The molecule has 0 radical (unpaired) electrons. The van der Waals surface area contributed by atoms with Crippen molar-refractivity contribution in [1.29, 1.82) is 0 Å². The van der Waals surface area contributed by atoms with Gasteiger partial charge in [0.2, 0.25) is 0 Å². The van der Waals surface area contributed by atoms with Gasteiger partial charge in [-0.1, -0.05) is 40.9 Å².